The standard InChI is InChI=1S/C22H13F5N4O2/c23-17-18(24)20(26)22(21(27)19(17)25)29-28-9-13-11-30(16-4-2-1-3-15(13)16)10-12-5-7-14(8-6-12)31(32)33/h1-9,11,29H,10H2/b28-9+. The van der Waals surface area contributed by atoms with E-state index in [1.807, 2.05) is 16.1 Å². The van der Waals surface area contributed by atoms with Gasteiger partial charge in [0.25, 0.3) is 5.69 Å². The van der Waals surface area contributed by atoms with Crippen molar-refractivity contribution in [3.8, 4) is 0 Å². The highest BCUT2D eigenvalue weighted by atomic mass is 19.2. The third kappa shape index (κ3) is 4.12. The Balaban J connectivity index is 1.63. The van der Waals surface area contributed by atoms with E-state index >= 15 is 0 Å². The number of non-ortho nitro benzene ring substituents is 1. The van der Waals surface area contributed by atoms with Gasteiger partial charge in [-0.1, -0.05) is 30.3 Å². The normalized spacial score (nSPS) is 11.4. The van der Waals surface area contributed by atoms with E-state index in [1.165, 1.54) is 18.3 Å². The van der Waals surface area contributed by atoms with Crippen molar-refractivity contribution >= 4 is 28.5 Å². The lowest BCUT2D eigenvalue weighted by molar-refractivity contribution is -0.384. The van der Waals surface area contributed by atoms with Crippen molar-refractivity contribution in [3.05, 3.63) is 105 Å². The van der Waals surface area contributed by atoms with Crippen LogP contribution < -0.4 is 5.43 Å². The molecule has 1 aromatic heterocycles. The maximum absolute atomic E-state index is 13.8. The first kappa shape index (κ1) is 21.9. The van der Waals surface area contributed by atoms with Gasteiger partial charge in [-0.2, -0.15) is 5.10 Å². The first-order valence-electron chi connectivity index (χ1n) is 9.39. The largest absolute Gasteiger partial charge is 0.342 e. The van der Waals surface area contributed by atoms with E-state index in [-0.39, 0.29) is 5.69 Å². The van der Waals surface area contributed by atoms with Gasteiger partial charge in [0, 0.05) is 41.3 Å². The predicted octanol–water partition coefficient (Wildman–Crippen LogP) is 5.74. The highest BCUT2D eigenvalue weighted by Crippen LogP contribution is 2.27. The van der Waals surface area contributed by atoms with Crippen LogP contribution in [0.15, 0.2) is 59.8 Å². The molecular weight excluding hydrogens is 447 g/mol. The molecule has 0 amide bonds. The smallest absolute Gasteiger partial charge is 0.269 e. The Morgan fingerprint density at radius 3 is 2.15 bits per heavy atom. The maximum Gasteiger partial charge on any atom is 0.269 e. The molecule has 1 N–H and O–H groups in total. The molecular formula is C22H13F5N4O2. The second-order valence-corrected chi connectivity index (χ2v) is 6.97. The summed E-state index contributed by atoms with van der Waals surface area (Å²) in [6, 6.07) is 13.1. The summed E-state index contributed by atoms with van der Waals surface area (Å²) in [7, 11) is 0. The summed E-state index contributed by atoms with van der Waals surface area (Å²) in [5.74, 6) is -10.5. The van der Waals surface area contributed by atoms with Gasteiger partial charge >= 0.3 is 0 Å². The van der Waals surface area contributed by atoms with Crippen molar-refractivity contribution in [1.82, 2.24) is 4.57 Å². The van der Waals surface area contributed by atoms with Gasteiger partial charge < -0.3 is 4.57 Å². The number of nitrogens with one attached hydrogen (secondary N) is 1. The first-order valence-corrected chi connectivity index (χ1v) is 9.39. The van der Waals surface area contributed by atoms with Crippen LogP contribution in [0.25, 0.3) is 10.9 Å². The molecule has 0 atom stereocenters. The molecule has 0 unspecified atom stereocenters. The molecule has 33 heavy (non-hydrogen) atoms. The van der Waals surface area contributed by atoms with Crippen molar-refractivity contribution < 1.29 is 26.9 Å². The van der Waals surface area contributed by atoms with Crippen LogP contribution in [0.4, 0.5) is 33.3 Å². The molecule has 168 valence electrons. The summed E-state index contributed by atoms with van der Waals surface area (Å²) in [4.78, 5) is 10.3. The molecule has 0 radical (unpaired) electrons. The van der Waals surface area contributed by atoms with Crippen molar-refractivity contribution in [3.63, 3.8) is 0 Å². The molecule has 0 bridgehead atoms. The lowest BCUT2D eigenvalue weighted by Gasteiger charge is -2.06. The van der Waals surface area contributed by atoms with Crippen LogP contribution in [0.5, 0.6) is 0 Å². The minimum absolute atomic E-state index is 0.0388. The van der Waals surface area contributed by atoms with Gasteiger partial charge in [-0.25, -0.2) is 22.0 Å². The van der Waals surface area contributed by atoms with E-state index in [4.69, 9.17) is 0 Å². The number of benzene rings is 3. The van der Waals surface area contributed by atoms with Gasteiger partial charge in [0.15, 0.2) is 23.3 Å². The number of nitrogens with zero attached hydrogens (tertiary/aromatic N) is 3. The van der Waals surface area contributed by atoms with Gasteiger partial charge in [0.1, 0.15) is 5.69 Å². The highest BCUT2D eigenvalue weighted by Gasteiger charge is 2.25. The summed E-state index contributed by atoms with van der Waals surface area (Å²) < 4.78 is 69.3. The van der Waals surface area contributed by atoms with E-state index in [1.54, 1.807) is 36.5 Å². The van der Waals surface area contributed by atoms with Crippen molar-refractivity contribution in [2.24, 2.45) is 5.10 Å². The van der Waals surface area contributed by atoms with Crippen LogP contribution >= 0.6 is 0 Å². The molecule has 0 fully saturated rings. The summed E-state index contributed by atoms with van der Waals surface area (Å²) in [6.07, 6.45) is 2.86. The number of hydrogen-bond acceptors (Lipinski definition) is 4. The zero-order chi connectivity index (χ0) is 23.7. The third-order valence-corrected chi connectivity index (χ3v) is 4.91. The second kappa shape index (κ2) is 8.69. The molecule has 0 aliphatic carbocycles. The minimum Gasteiger partial charge on any atom is -0.342 e. The zero-order valence-corrected chi connectivity index (χ0v) is 16.5. The Labute approximate surface area is 182 Å². The van der Waals surface area contributed by atoms with Crippen molar-refractivity contribution in [2.75, 3.05) is 5.43 Å². The Morgan fingerprint density at radius 2 is 1.52 bits per heavy atom. The Morgan fingerprint density at radius 1 is 0.909 bits per heavy atom. The molecule has 0 spiro atoms. The fraction of sp³-hybridized carbons (Fsp3) is 0.0455. The fourth-order valence-corrected chi connectivity index (χ4v) is 3.30. The monoisotopic (exact) mass is 460 g/mol. The topological polar surface area (TPSA) is 72.5 Å². The van der Waals surface area contributed by atoms with E-state index in [0.717, 1.165) is 11.1 Å². The van der Waals surface area contributed by atoms with Gasteiger partial charge in [0.2, 0.25) is 5.82 Å². The summed E-state index contributed by atoms with van der Waals surface area (Å²) in [5.41, 5.74) is 2.63. The van der Waals surface area contributed by atoms with Crippen molar-refractivity contribution in [2.45, 2.75) is 6.54 Å². The Bertz CT molecular complexity index is 1370. The molecule has 0 aliphatic heterocycles. The number of nitro benzene ring substituents is 1. The number of aromatic nitrogens is 1. The molecule has 1 heterocycles. The highest BCUT2D eigenvalue weighted by molar-refractivity contribution is 5.99. The van der Waals surface area contributed by atoms with Crippen LogP contribution in [-0.4, -0.2) is 15.7 Å². The van der Waals surface area contributed by atoms with Crippen LogP contribution in [0, 0.1) is 39.2 Å². The Hall–Kier alpha value is -4.28. The minimum atomic E-state index is -2.26. The summed E-state index contributed by atoms with van der Waals surface area (Å²) in [6.45, 7) is 0.359. The molecule has 6 nitrogen and oxygen atoms in total. The first-order chi connectivity index (χ1) is 15.8. The fourth-order valence-electron chi connectivity index (χ4n) is 3.30. The molecule has 4 aromatic rings. The zero-order valence-electron chi connectivity index (χ0n) is 16.5. The van der Waals surface area contributed by atoms with Crippen LogP contribution in [0.3, 0.4) is 0 Å². The average Bonchev–Trinajstić information content (AvgIpc) is 3.16. The van der Waals surface area contributed by atoms with Gasteiger partial charge in [-0.15, -0.1) is 0 Å². The number of fused-ring (bicyclic) bond motifs is 1. The number of nitro groups is 1. The van der Waals surface area contributed by atoms with Gasteiger partial charge in [0.05, 0.1) is 11.1 Å². The van der Waals surface area contributed by atoms with Gasteiger partial charge in [-0.3, -0.25) is 15.5 Å². The number of rotatable bonds is 6. The lowest BCUT2D eigenvalue weighted by atomic mass is 10.2. The lowest BCUT2D eigenvalue weighted by Crippen LogP contribution is -2.06. The number of anilines is 1. The Kier molecular flexibility index (Phi) is 5.78. The van der Waals surface area contributed by atoms with Gasteiger partial charge in [-0.05, 0) is 11.6 Å². The van der Waals surface area contributed by atoms with E-state index < -0.39 is 39.7 Å². The molecule has 4 rings (SSSR count). The van der Waals surface area contributed by atoms with E-state index in [9.17, 15) is 32.1 Å². The molecule has 0 saturated heterocycles. The van der Waals surface area contributed by atoms with Crippen LogP contribution in [-0.2, 0) is 6.54 Å². The van der Waals surface area contributed by atoms with Crippen LogP contribution in [0.2, 0.25) is 0 Å². The average molecular weight is 460 g/mol. The molecule has 3 aromatic carbocycles. The molecule has 0 saturated carbocycles. The number of hydrazone groups is 1. The van der Waals surface area contributed by atoms with Crippen molar-refractivity contribution in [1.29, 1.82) is 0 Å². The summed E-state index contributed by atoms with van der Waals surface area (Å²) in [5, 5.41) is 15.2. The number of para-hydroxylation sites is 1. The predicted molar refractivity (Wildman–Crippen MR) is 112 cm³/mol. The number of halogens is 5. The maximum atomic E-state index is 13.8. The third-order valence-electron chi connectivity index (χ3n) is 4.91. The van der Waals surface area contributed by atoms with E-state index in [2.05, 4.69) is 5.10 Å². The van der Waals surface area contributed by atoms with E-state index in [0.29, 0.717) is 17.5 Å². The molecule has 11 heteroatoms. The van der Waals surface area contributed by atoms with Crippen LogP contribution in [0.1, 0.15) is 11.1 Å². The SMILES string of the molecule is O=[N+]([O-])c1ccc(Cn2cc(/C=N/Nc3c(F)c(F)c(F)c(F)c3F)c3ccccc32)cc1. The molecule has 0 aliphatic rings. The summed E-state index contributed by atoms with van der Waals surface area (Å²) >= 11 is 0. The second-order valence-electron chi connectivity index (χ2n) is 6.97. The quantitative estimate of drug-likeness (QED) is 0.0996. The number of hydrogen-bond donors (Lipinski definition) is 1.